The van der Waals surface area contributed by atoms with E-state index in [-0.39, 0.29) is 5.92 Å². The van der Waals surface area contributed by atoms with Crippen LogP contribution in [0.4, 0.5) is 5.82 Å². The maximum atomic E-state index is 8.83. The minimum Gasteiger partial charge on any atom is -0.373 e. The van der Waals surface area contributed by atoms with Crippen molar-refractivity contribution in [2.75, 3.05) is 25.5 Å². The van der Waals surface area contributed by atoms with Gasteiger partial charge in [0.25, 0.3) is 0 Å². The van der Waals surface area contributed by atoms with Crippen LogP contribution in [-0.4, -0.2) is 30.0 Å². The predicted octanol–water partition coefficient (Wildman–Crippen LogP) is 2.10. The summed E-state index contributed by atoms with van der Waals surface area (Å²) in [6.07, 6.45) is 1.81. The molecule has 1 heterocycles. The van der Waals surface area contributed by atoms with Crippen LogP contribution in [-0.2, 0) is 6.54 Å². The monoisotopic (exact) mass is 232 g/mol. The fraction of sp³-hybridized carbons (Fsp3) is 0.538. The number of hydrogen-bond donors (Lipinski definition) is 1. The molecule has 92 valence electrons. The van der Waals surface area contributed by atoms with Gasteiger partial charge in [0.05, 0.1) is 12.0 Å². The number of nitrogens with zero attached hydrogens (tertiary/aromatic N) is 3. The molecule has 0 spiro atoms. The van der Waals surface area contributed by atoms with Crippen molar-refractivity contribution < 1.29 is 0 Å². The summed E-state index contributed by atoms with van der Waals surface area (Å²) in [7, 11) is 1.86. The zero-order valence-electron chi connectivity index (χ0n) is 10.8. The van der Waals surface area contributed by atoms with Gasteiger partial charge in [0, 0.05) is 26.3 Å². The molecule has 0 aliphatic heterocycles. The second kappa shape index (κ2) is 6.87. The molecule has 0 bridgehead atoms. The topological polar surface area (TPSA) is 52.0 Å². The number of nitrogens with one attached hydrogen (secondary N) is 1. The van der Waals surface area contributed by atoms with Crippen LogP contribution >= 0.6 is 0 Å². The Bertz CT molecular complexity index is 383. The minimum absolute atomic E-state index is 0.0700. The molecule has 1 N–H and O–H groups in total. The van der Waals surface area contributed by atoms with Crippen molar-refractivity contribution in [3.8, 4) is 6.07 Å². The molecule has 0 amide bonds. The van der Waals surface area contributed by atoms with Crippen molar-refractivity contribution in [1.82, 2.24) is 9.88 Å². The lowest BCUT2D eigenvalue weighted by molar-refractivity contribution is 0.260. The van der Waals surface area contributed by atoms with E-state index in [1.807, 2.05) is 32.3 Å². The lowest BCUT2D eigenvalue weighted by Gasteiger charge is -2.21. The van der Waals surface area contributed by atoms with Gasteiger partial charge in [0.1, 0.15) is 5.82 Å². The van der Waals surface area contributed by atoms with Crippen molar-refractivity contribution >= 4 is 5.82 Å². The van der Waals surface area contributed by atoms with Gasteiger partial charge in [-0.25, -0.2) is 4.98 Å². The van der Waals surface area contributed by atoms with Crippen LogP contribution in [0.5, 0.6) is 0 Å². The summed E-state index contributed by atoms with van der Waals surface area (Å²) in [4.78, 5) is 6.45. The third kappa shape index (κ3) is 4.41. The van der Waals surface area contributed by atoms with Crippen molar-refractivity contribution in [2.24, 2.45) is 5.92 Å². The molecule has 0 saturated carbocycles. The summed E-state index contributed by atoms with van der Waals surface area (Å²) in [6, 6.07) is 6.33. The largest absolute Gasteiger partial charge is 0.373 e. The normalized spacial score (nSPS) is 12.2. The first-order chi connectivity index (χ1) is 8.19. The molecular weight excluding hydrogens is 212 g/mol. The maximum Gasteiger partial charge on any atom is 0.125 e. The van der Waals surface area contributed by atoms with E-state index in [1.165, 1.54) is 5.56 Å². The van der Waals surface area contributed by atoms with Gasteiger partial charge in [-0.1, -0.05) is 6.92 Å². The highest BCUT2D eigenvalue weighted by atomic mass is 15.1. The molecule has 0 aliphatic carbocycles. The van der Waals surface area contributed by atoms with Gasteiger partial charge in [-0.2, -0.15) is 5.26 Å². The van der Waals surface area contributed by atoms with Gasteiger partial charge >= 0.3 is 0 Å². The fourth-order valence-corrected chi connectivity index (χ4v) is 1.70. The van der Waals surface area contributed by atoms with E-state index in [0.29, 0.717) is 0 Å². The van der Waals surface area contributed by atoms with E-state index in [1.54, 1.807) is 0 Å². The van der Waals surface area contributed by atoms with Gasteiger partial charge in [-0.05, 0) is 31.2 Å². The summed E-state index contributed by atoms with van der Waals surface area (Å²) in [5.74, 6) is 0.951. The standard InChI is InChI=1S/C13H20N4/c1-4-17(9-11(2)8-14)10-12-5-6-16-13(7-12)15-3/h5-7,11H,4,9-10H2,1-3H3,(H,15,16). The smallest absolute Gasteiger partial charge is 0.125 e. The van der Waals surface area contributed by atoms with Crippen molar-refractivity contribution in [1.29, 1.82) is 5.26 Å². The first-order valence-corrected chi connectivity index (χ1v) is 5.94. The molecule has 1 aromatic heterocycles. The van der Waals surface area contributed by atoms with Crippen LogP contribution in [0.1, 0.15) is 19.4 Å². The Morgan fingerprint density at radius 2 is 2.35 bits per heavy atom. The highest BCUT2D eigenvalue weighted by molar-refractivity contribution is 5.36. The Labute approximate surface area is 103 Å². The average molecular weight is 232 g/mol. The van der Waals surface area contributed by atoms with E-state index in [4.69, 9.17) is 5.26 Å². The molecule has 1 rings (SSSR count). The quantitative estimate of drug-likeness (QED) is 0.816. The molecule has 1 unspecified atom stereocenters. The third-order valence-corrected chi connectivity index (χ3v) is 2.69. The molecule has 0 aromatic carbocycles. The van der Waals surface area contributed by atoms with Gasteiger partial charge < -0.3 is 5.32 Å². The van der Waals surface area contributed by atoms with Crippen LogP contribution in [0.3, 0.4) is 0 Å². The van der Waals surface area contributed by atoms with Gasteiger partial charge in [0.2, 0.25) is 0 Å². The third-order valence-electron chi connectivity index (χ3n) is 2.69. The van der Waals surface area contributed by atoms with Gasteiger partial charge in [-0.3, -0.25) is 4.90 Å². The SMILES string of the molecule is CCN(Cc1ccnc(NC)c1)CC(C)C#N. The number of anilines is 1. The number of nitriles is 1. The Balaban J connectivity index is 2.64. The van der Waals surface area contributed by atoms with E-state index in [0.717, 1.165) is 25.5 Å². The molecule has 0 radical (unpaired) electrons. The van der Waals surface area contributed by atoms with E-state index in [2.05, 4.69) is 28.2 Å². The highest BCUT2D eigenvalue weighted by Gasteiger charge is 2.08. The second-order valence-electron chi connectivity index (χ2n) is 4.16. The molecule has 1 aromatic rings. The molecule has 0 fully saturated rings. The molecule has 4 heteroatoms. The van der Waals surface area contributed by atoms with Gasteiger partial charge in [-0.15, -0.1) is 0 Å². The number of aromatic nitrogens is 1. The maximum absolute atomic E-state index is 8.83. The van der Waals surface area contributed by atoms with Crippen LogP contribution < -0.4 is 5.32 Å². The molecule has 0 aliphatic rings. The van der Waals surface area contributed by atoms with Crippen LogP contribution in [0, 0.1) is 17.2 Å². The van der Waals surface area contributed by atoms with Crippen LogP contribution in [0.25, 0.3) is 0 Å². The Morgan fingerprint density at radius 1 is 1.59 bits per heavy atom. The zero-order chi connectivity index (χ0) is 12.7. The lowest BCUT2D eigenvalue weighted by Crippen LogP contribution is -2.27. The highest BCUT2D eigenvalue weighted by Crippen LogP contribution is 2.10. The summed E-state index contributed by atoms with van der Waals surface area (Å²) in [6.45, 7) is 6.69. The van der Waals surface area contributed by atoms with Crippen molar-refractivity contribution in [3.63, 3.8) is 0 Å². The second-order valence-corrected chi connectivity index (χ2v) is 4.16. The zero-order valence-corrected chi connectivity index (χ0v) is 10.8. The van der Waals surface area contributed by atoms with E-state index < -0.39 is 0 Å². The molecule has 4 nitrogen and oxygen atoms in total. The molecule has 1 atom stereocenters. The average Bonchev–Trinajstić information content (AvgIpc) is 2.37. The first kappa shape index (κ1) is 13.5. The summed E-state index contributed by atoms with van der Waals surface area (Å²) in [5, 5.41) is 11.9. The van der Waals surface area contributed by atoms with E-state index >= 15 is 0 Å². The fourth-order valence-electron chi connectivity index (χ4n) is 1.70. The van der Waals surface area contributed by atoms with E-state index in [9.17, 15) is 0 Å². The number of rotatable bonds is 6. The van der Waals surface area contributed by atoms with Gasteiger partial charge in [0.15, 0.2) is 0 Å². The van der Waals surface area contributed by atoms with Crippen LogP contribution in [0.2, 0.25) is 0 Å². The summed E-state index contributed by atoms with van der Waals surface area (Å²) < 4.78 is 0. The summed E-state index contributed by atoms with van der Waals surface area (Å²) >= 11 is 0. The minimum atomic E-state index is 0.0700. The number of hydrogen-bond acceptors (Lipinski definition) is 4. The predicted molar refractivity (Wildman–Crippen MR) is 69.5 cm³/mol. The van der Waals surface area contributed by atoms with Crippen molar-refractivity contribution in [2.45, 2.75) is 20.4 Å². The Morgan fingerprint density at radius 3 is 2.94 bits per heavy atom. The molecular formula is C13H20N4. The first-order valence-electron chi connectivity index (χ1n) is 5.94. The lowest BCUT2D eigenvalue weighted by atomic mass is 10.1. The van der Waals surface area contributed by atoms with Crippen LogP contribution in [0.15, 0.2) is 18.3 Å². The number of pyridine rings is 1. The molecule has 17 heavy (non-hydrogen) atoms. The van der Waals surface area contributed by atoms with Crippen molar-refractivity contribution in [3.05, 3.63) is 23.9 Å². The summed E-state index contributed by atoms with van der Waals surface area (Å²) in [5.41, 5.74) is 1.22. The Kier molecular flexibility index (Phi) is 5.44. The molecule has 0 saturated heterocycles. The Hall–Kier alpha value is -1.60.